The molecule has 1 fully saturated rings. The molecule has 1 aliphatic heterocycles. The molecule has 1 aliphatic rings. The van der Waals surface area contributed by atoms with Gasteiger partial charge in [0.15, 0.2) is 0 Å². The number of carbonyl (C=O) groups is 1. The molecule has 1 unspecified atom stereocenters. The van der Waals surface area contributed by atoms with Crippen molar-refractivity contribution in [3.05, 3.63) is 0 Å². The van der Waals surface area contributed by atoms with Gasteiger partial charge in [0.05, 0.1) is 0 Å². The summed E-state index contributed by atoms with van der Waals surface area (Å²) in [6.07, 6.45) is 3.71. The van der Waals surface area contributed by atoms with Crippen LogP contribution in [-0.4, -0.2) is 44.2 Å². The van der Waals surface area contributed by atoms with E-state index >= 15 is 0 Å². The Bertz CT molecular complexity index is 225. The molecule has 17 heavy (non-hydrogen) atoms. The van der Waals surface area contributed by atoms with Gasteiger partial charge in [-0.15, -0.1) is 0 Å². The Morgan fingerprint density at radius 2 is 2.12 bits per heavy atom. The Hall–Kier alpha value is -0.610. The molecule has 1 saturated heterocycles. The molecular formula is C13H26N2O2. The molecule has 1 heterocycles. The molecule has 0 radical (unpaired) electrons. The number of methoxy groups -OCH3 is 1. The highest BCUT2D eigenvalue weighted by atomic mass is 16.5. The quantitative estimate of drug-likeness (QED) is 0.762. The van der Waals surface area contributed by atoms with Crippen LogP contribution in [-0.2, 0) is 9.53 Å². The van der Waals surface area contributed by atoms with Crippen LogP contribution in [0, 0.1) is 11.8 Å². The molecule has 1 amide bonds. The summed E-state index contributed by atoms with van der Waals surface area (Å²) in [6.45, 7) is 5.38. The van der Waals surface area contributed by atoms with E-state index in [1.807, 2.05) is 4.90 Å². The Morgan fingerprint density at radius 1 is 1.47 bits per heavy atom. The number of carbonyl (C=O) groups excluding carboxylic acids is 1. The second-order valence-electron chi connectivity index (χ2n) is 5.16. The van der Waals surface area contributed by atoms with E-state index in [-0.39, 0.29) is 0 Å². The normalized spacial score (nSPS) is 19.4. The predicted octanol–water partition coefficient (Wildman–Crippen LogP) is 1.25. The summed E-state index contributed by atoms with van der Waals surface area (Å²) in [7, 11) is 1.74. The zero-order valence-corrected chi connectivity index (χ0v) is 11.2. The van der Waals surface area contributed by atoms with Crippen molar-refractivity contribution >= 4 is 5.91 Å². The van der Waals surface area contributed by atoms with Crippen molar-refractivity contribution < 1.29 is 9.53 Å². The number of rotatable bonds is 6. The Balaban J connectivity index is 2.21. The van der Waals surface area contributed by atoms with Crippen molar-refractivity contribution in [2.24, 2.45) is 17.6 Å². The average molecular weight is 242 g/mol. The number of ether oxygens (including phenoxy) is 1. The van der Waals surface area contributed by atoms with Gasteiger partial charge in [0, 0.05) is 33.2 Å². The lowest BCUT2D eigenvalue weighted by Crippen LogP contribution is -2.39. The van der Waals surface area contributed by atoms with Crippen molar-refractivity contribution in [2.45, 2.75) is 32.6 Å². The summed E-state index contributed by atoms with van der Waals surface area (Å²) in [4.78, 5) is 13.9. The molecule has 0 bridgehead atoms. The minimum absolute atomic E-state index is 0.293. The summed E-state index contributed by atoms with van der Waals surface area (Å²) < 4.78 is 5.15. The smallest absolute Gasteiger partial charge is 0.222 e. The van der Waals surface area contributed by atoms with Crippen LogP contribution < -0.4 is 5.73 Å². The van der Waals surface area contributed by atoms with Crippen LogP contribution in [0.5, 0.6) is 0 Å². The van der Waals surface area contributed by atoms with E-state index in [4.69, 9.17) is 10.5 Å². The zero-order chi connectivity index (χ0) is 12.7. The first-order valence-electron chi connectivity index (χ1n) is 6.64. The van der Waals surface area contributed by atoms with E-state index in [1.165, 1.54) is 0 Å². The molecule has 4 heteroatoms. The fourth-order valence-corrected chi connectivity index (χ4v) is 2.23. The third kappa shape index (κ3) is 5.04. The number of piperidine rings is 1. The summed E-state index contributed by atoms with van der Waals surface area (Å²) in [5.41, 5.74) is 5.55. The van der Waals surface area contributed by atoms with E-state index in [9.17, 15) is 4.79 Å². The number of amides is 1. The second-order valence-corrected chi connectivity index (χ2v) is 5.16. The fourth-order valence-electron chi connectivity index (χ4n) is 2.23. The largest absolute Gasteiger partial charge is 0.384 e. The number of nitrogens with two attached hydrogens (primary N) is 1. The van der Waals surface area contributed by atoms with Crippen LogP contribution in [0.2, 0.25) is 0 Å². The highest BCUT2D eigenvalue weighted by molar-refractivity contribution is 5.76. The topological polar surface area (TPSA) is 55.6 Å². The maximum Gasteiger partial charge on any atom is 0.222 e. The predicted molar refractivity (Wildman–Crippen MR) is 68.6 cm³/mol. The van der Waals surface area contributed by atoms with Crippen molar-refractivity contribution in [1.29, 1.82) is 0 Å². The van der Waals surface area contributed by atoms with Gasteiger partial charge in [0.25, 0.3) is 0 Å². The van der Waals surface area contributed by atoms with E-state index in [0.717, 1.165) is 39.0 Å². The van der Waals surface area contributed by atoms with Crippen LogP contribution in [0.4, 0.5) is 0 Å². The SMILES string of the molecule is COCC1CCN(C(=O)CCC(C)CN)CC1. The van der Waals surface area contributed by atoms with Crippen LogP contribution >= 0.6 is 0 Å². The van der Waals surface area contributed by atoms with Crippen LogP contribution in [0.25, 0.3) is 0 Å². The molecule has 100 valence electrons. The first kappa shape index (κ1) is 14.5. The van der Waals surface area contributed by atoms with Gasteiger partial charge in [-0.2, -0.15) is 0 Å². The van der Waals surface area contributed by atoms with E-state index in [2.05, 4.69) is 6.92 Å². The minimum Gasteiger partial charge on any atom is -0.384 e. The Morgan fingerprint density at radius 3 is 2.65 bits per heavy atom. The third-order valence-electron chi connectivity index (χ3n) is 3.62. The molecule has 2 N–H and O–H groups in total. The van der Waals surface area contributed by atoms with Crippen molar-refractivity contribution in [3.8, 4) is 0 Å². The molecule has 0 aliphatic carbocycles. The van der Waals surface area contributed by atoms with Gasteiger partial charge < -0.3 is 15.4 Å². The first-order valence-corrected chi connectivity index (χ1v) is 6.64. The summed E-state index contributed by atoms with van der Waals surface area (Å²) in [6, 6.07) is 0. The van der Waals surface area contributed by atoms with Gasteiger partial charge in [0.2, 0.25) is 5.91 Å². The number of likely N-dealkylation sites (tertiary alicyclic amines) is 1. The van der Waals surface area contributed by atoms with Gasteiger partial charge in [0.1, 0.15) is 0 Å². The molecule has 4 nitrogen and oxygen atoms in total. The summed E-state index contributed by atoms with van der Waals surface area (Å²) in [5.74, 6) is 1.37. The lowest BCUT2D eigenvalue weighted by Gasteiger charge is -2.32. The highest BCUT2D eigenvalue weighted by Gasteiger charge is 2.22. The molecular weight excluding hydrogens is 216 g/mol. The zero-order valence-electron chi connectivity index (χ0n) is 11.2. The number of hydrogen-bond donors (Lipinski definition) is 1. The molecule has 0 spiro atoms. The van der Waals surface area contributed by atoms with E-state index < -0.39 is 0 Å². The molecule has 1 atom stereocenters. The summed E-state index contributed by atoms with van der Waals surface area (Å²) in [5, 5.41) is 0. The fraction of sp³-hybridized carbons (Fsp3) is 0.923. The van der Waals surface area contributed by atoms with E-state index in [0.29, 0.717) is 30.7 Å². The van der Waals surface area contributed by atoms with Crippen LogP contribution in [0.3, 0.4) is 0 Å². The van der Waals surface area contributed by atoms with Crippen molar-refractivity contribution in [2.75, 3.05) is 33.4 Å². The van der Waals surface area contributed by atoms with E-state index in [1.54, 1.807) is 7.11 Å². The molecule has 1 rings (SSSR count). The second kappa shape index (κ2) is 7.67. The lowest BCUT2D eigenvalue weighted by molar-refractivity contribution is -0.133. The average Bonchev–Trinajstić information content (AvgIpc) is 2.36. The van der Waals surface area contributed by atoms with Crippen molar-refractivity contribution in [3.63, 3.8) is 0 Å². The Kier molecular flexibility index (Phi) is 6.52. The number of nitrogens with zero attached hydrogens (tertiary/aromatic N) is 1. The standard InChI is InChI=1S/C13H26N2O2/c1-11(9-14)3-4-13(16)15-7-5-12(6-8-15)10-17-2/h11-12H,3-10,14H2,1-2H3. The molecule has 0 aromatic carbocycles. The van der Waals surface area contributed by atoms with Crippen LogP contribution in [0.15, 0.2) is 0 Å². The summed E-state index contributed by atoms with van der Waals surface area (Å²) >= 11 is 0. The molecule has 0 saturated carbocycles. The third-order valence-corrected chi connectivity index (χ3v) is 3.62. The van der Waals surface area contributed by atoms with Gasteiger partial charge in [-0.25, -0.2) is 0 Å². The number of hydrogen-bond acceptors (Lipinski definition) is 3. The maximum absolute atomic E-state index is 11.9. The highest BCUT2D eigenvalue weighted by Crippen LogP contribution is 2.18. The first-order chi connectivity index (χ1) is 8.17. The lowest BCUT2D eigenvalue weighted by atomic mass is 9.97. The van der Waals surface area contributed by atoms with Gasteiger partial charge in [-0.1, -0.05) is 6.92 Å². The van der Waals surface area contributed by atoms with Gasteiger partial charge in [-0.3, -0.25) is 4.79 Å². The van der Waals surface area contributed by atoms with Gasteiger partial charge in [-0.05, 0) is 37.6 Å². The maximum atomic E-state index is 11.9. The molecule has 0 aromatic heterocycles. The van der Waals surface area contributed by atoms with Crippen molar-refractivity contribution in [1.82, 2.24) is 4.90 Å². The monoisotopic (exact) mass is 242 g/mol. The minimum atomic E-state index is 0.293. The van der Waals surface area contributed by atoms with Gasteiger partial charge >= 0.3 is 0 Å². The Labute approximate surface area is 104 Å². The van der Waals surface area contributed by atoms with Crippen LogP contribution in [0.1, 0.15) is 32.6 Å². The molecule has 0 aromatic rings.